The molecule has 0 aromatic heterocycles. The standard InChI is InChI=1S/C15H19ClFN3O2/c1-3-5-13-14(21)20(15(22)18-13)9-19(2)8-10-11(16)6-4-7-12(10)17/h4,6-7,13H,3,5,8-9H2,1-2H3,(H,18,22)/t13-/m1/s1. The van der Waals surface area contributed by atoms with Gasteiger partial charge in [0.05, 0.1) is 6.67 Å². The molecule has 1 heterocycles. The van der Waals surface area contributed by atoms with Crippen molar-refractivity contribution in [2.75, 3.05) is 13.7 Å². The predicted octanol–water partition coefficient (Wildman–Crippen LogP) is 2.59. The van der Waals surface area contributed by atoms with Crippen LogP contribution in [0.25, 0.3) is 0 Å². The van der Waals surface area contributed by atoms with Crippen LogP contribution in [0.3, 0.4) is 0 Å². The minimum Gasteiger partial charge on any atom is -0.326 e. The Hall–Kier alpha value is -1.66. The summed E-state index contributed by atoms with van der Waals surface area (Å²) in [4.78, 5) is 26.8. The highest BCUT2D eigenvalue weighted by Crippen LogP contribution is 2.21. The summed E-state index contributed by atoms with van der Waals surface area (Å²) in [5, 5.41) is 2.98. The van der Waals surface area contributed by atoms with Crippen LogP contribution in [0.4, 0.5) is 9.18 Å². The Morgan fingerprint density at radius 1 is 1.41 bits per heavy atom. The number of amides is 3. The summed E-state index contributed by atoms with van der Waals surface area (Å²) in [5.41, 5.74) is 0.351. The molecule has 3 amide bonds. The van der Waals surface area contributed by atoms with E-state index < -0.39 is 17.9 Å². The number of carbonyl (C=O) groups is 2. The Balaban J connectivity index is 2.02. The summed E-state index contributed by atoms with van der Waals surface area (Å²) in [5.74, 6) is -0.640. The lowest BCUT2D eigenvalue weighted by atomic mass is 10.2. The molecule has 0 aliphatic carbocycles. The van der Waals surface area contributed by atoms with E-state index in [4.69, 9.17) is 11.6 Å². The summed E-state index contributed by atoms with van der Waals surface area (Å²) < 4.78 is 13.8. The Kier molecular flexibility index (Phi) is 5.37. The normalized spacial score (nSPS) is 18.2. The maximum atomic E-state index is 13.8. The van der Waals surface area contributed by atoms with Crippen LogP contribution in [0.1, 0.15) is 25.3 Å². The molecule has 7 heteroatoms. The number of imide groups is 1. The van der Waals surface area contributed by atoms with Gasteiger partial charge in [-0.3, -0.25) is 9.69 Å². The van der Waals surface area contributed by atoms with Gasteiger partial charge < -0.3 is 5.32 Å². The second kappa shape index (κ2) is 7.07. The van der Waals surface area contributed by atoms with E-state index in [1.54, 1.807) is 18.0 Å². The number of hydrogen-bond donors (Lipinski definition) is 1. The highest BCUT2D eigenvalue weighted by atomic mass is 35.5. The number of urea groups is 1. The first kappa shape index (κ1) is 16.7. The van der Waals surface area contributed by atoms with Crippen LogP contribution in [0.15, 0.2) is 18.2 Å². The molecule has 1 saturated heterocycles. The Morgan fingerprint density at radius 3 is 2.77 bits per heavy atom. The molecule has 1 aromatic rings. The van der Waals surface area contributed by atoms with Gasteiger partial charge in [0.15, 0.2) is 0 Å². The summed E-state index contributed by atoms with van der Waals surface area (Å²) in [7, 11) is 1.70. The van der Waals surface area contributed by atoms with Crippen molar-refractivity contribution in [1.29, 1.82) is 0 Å². The number of benzene rings is 1. The maximum Gasteiger partial charge on any atom is 0.325 e. The fourth-order valence-corrected chi connectivity index (χ4v) is 2.66. The van der Waals surface area contributed by atoms with E-state index in [1.165, 1.54) is 12.1 Å². The first-order chi connectivity index (χ1) is 10.4. The monoisotopic (exact) mass is 327 g/mol. The molecule has 1 aromatic carbocycles. The summed E-state index contributed by atoms with van der Waals surface area (Å²) >= 11 is 5.99. The maximum absolute atomic E-state index is 13.8. The minimum absolute atomic E-state index is 0.0928. The van der Waals surface area contributed by atoms with E-state index in [2.05, 4.69) is 5.32 Å². The minimum atomic E-state index is -0.456. The van der Waals surface area contributed by atoms with E-state index in [0.717, 1.165) is 11.3 Å². The number of halogens is 2. The Morgan fingerprint density at radius 2 is 2.14 bits per heavy atom. The van der Waals surface area contributed by atoms with Gasteiger partial charge in [0, 0.05) is 17.1 Å². The van der Waals surface area contributed by atoms with Crippen molar-refractivity contribution >= 4 is 23.5 Å². The van der Waals surface area contributed by atoms with Gasteiger partial charge in [0.25, 0.3) is 5.91 Å². The van der Waals surface area contributed by atoms with Gasteiger partial charge in [-0.25, -0.2) is 14.1 Å². The van der Waals surface area contributed by atoms with Gasteiger partial charge >= 0.3 is 6.03 Å². The van der Waals surface area contributed by atoms with Gasteiger partial charge in [-0.15, -0.1) is 0 Å². The number of nitrogens with zero attached hydrogens (tertiary/aromatic N) is 2. The van der Waals surface area contributed by atoms with Crippen molar-refractivity contribution in [2.45, 2.75) is 32.4 Å². The second-order valence-corrected chi connectivity index (χ2v) is 5.82. The quantitative estimate of drug-likeness (QED) is 0.817. The van der Waals surface area contributed by atoms with Crippen LogP contribution in [0, 0.1) is 5.82 Å². The molecule has 1 N–H and O–H groups in total. The molecule has 22 heavy (non-hydrogen) atoms. The van der Waals surface area contributed by atoms with E-state index in [1.807, 2.05) is 6.92 Å². The predicted molar refractivity (Wildman–Crippen MR) is 81.8 cm³/mol. The number of rotatable bonds is 6. The molecule has 1 aliphatic heterocycles. The average molecular weight is 328 g/mol. The van der Waals surface area contributed by atoms with Gasteiger partial charge in [0.2, 0.25) is 0 Å². The lowest BCUT2D eigenvalue weighted by Gasteiger charge is -2.22. The van der Waals surface area contributed by atoms with Crippen LogP contribution in [0.5, 0.6) is 0 Å². The molecule has 0 saturated carbocycles. The number of hydrogen-bond acceptors (Lipinski definition) is 3. The van der Waals surface area contributed by atoms with E-state index in [9.17, 15) is 14.0 Å². The molecule has 5 nitrogen and oxygen atoms in total. The SMILES string of the molecule is CCC[C@H]1NC(=O)N(CN(C)Cc2c(F)cccc2Cl)C1=O. The van der Waals surface area contributed by atoms with Gasteiger partial charge in [-0.1, -0.05) is 31.0 Å². The van der Waals surface area contributed by atoms with Crippen LogP contribution >= 0.6 is 11.6 Å². The second-order valence-electron chi connectivity index (χ2n) is 5.41. The van der Waals surface area contributed by atoms with Crippen LogP contribution < -0.4 is 5.32 Å². The van der Waals surface area contributed by atoms with Gasteiger partial charge in [-0.05, 0) is 25.6 Å². The third-order valence-corrected chi connectivity index (χ3v) is 3.91. The van der Waals surface area contributed by atoms with Crippen molar-refractivity contribution < 1.29 is 14.0 Å². The average Bonchev–Trinajstić information content (AvgIpc) is 2.71. The summed E-state index contributed by atoms with van der Waals surface area (Å²) in [6.07, 6.45) is 1.43. The Labute approximate surface area is 134 Å². The lowest BCUT2D eigenvalue weighted by Crippen LogP contribution is -2.40. The smallest absolute Gasteiger partial charge is 0.325 e. The van der Waals surface area contributed by atoms with Crippen LogP contribution in [-0.2, 0) is 11.3 Å². The fraction of sp³-hybridized carbons (Fsp3) is 0.467. The topological polar surface area (TPSA) is 52.7 Å². The third kappa shape index (κ3) is 3.56. The van der Waals surface area contributed by atoms with Crippen molar-refractivity contribution in [3.05, 3.63) is 34.6 Å². The molecule has 0 spiro atoms. The molecule has 120 valence electrons. The zero-order valence-corrected chi connectivity index (χ0v) is 13.4. The van der Waals surface area contributed by atoms with Crippen LogP contribution in [0.2, 0.25) is 5.02 Å². The zero-order valence-electron chi connectivity index (χ0n) is 12.6. The van der Waals surface area contributed by atoms with Gasteiger partial charge in [0.1, 0.15) is 11.9 Å². The molecular formula is C15H19ClFN3O2. The molecule has 0 unspecified atom stereocenters. The van der Waals surface area contributed by atoms with Crippen molar-refractivity contribution in [3.8, 4) is 0 Å². The highest BCUT2D eigenvalue weighted by Gasteiger charge is 2.37. The van der Waals surface area contributed by atoms with Gasteiger partial charge in [-0.2, -0.15) is 0 Å². The lowest BCUT2D eigenvalue weighted by molar-refractivity contribution is -0.129. The molecule has 2 rings (SSSR count). The molecule has 0 bridgehead atoms. The molecule has 1 fully saturated rings. The van der Waals surface area contributed by atoms with E-state index in [0.29, 0.717) is 17.0 Å². The van der Waals surface area contributed by atoms with Crippen molar-refractivity contribution in [3.63, 3.8) is 0 Å². The van der Waals surface area contributed by atoms with Crippen molar-refractivity contribution in [1.82, 2.24) is 15.1 Å². The molecule has 0 radical (unpaired) electrons. The highest BCUT2D eigenvalue weighted by molar-refractivity contribution is 6.31. The molecule has 1 aliphatic rings. The first-order valence-electron chi connectivity index (χ1n) is 7.17. The number of nitrogens with one attached hydrogen (secondary N) is 1. The zero-order chi connectivity index (χ0) is 16.3. The third-order valence-electron chi connectivity index (χ3n) is 3.56. The summed E-state index contributed by atoms with van der Waals surface area (Å²) in [6, 6.07) is 3.62. The largest absolute Gasteiger partial charge is 0.326 e. The summed E-state index contributed by atoms with van der Waals surface area (Å²) in [6.45, 7) is 2.25. The van der Waals surface area contributed by atoms with E-state index >= 15 is 0 Å². The molecule has 1 atom stereocenters. The Bertz CT molecular complexity index is 562. The molecular weight excluding hydrogens is 309 g/mol. The first-order valence-corrected chi connectivity index (χ1v) is 7.55. The number of carbonyl (C=O) groups excluding carboxylic acids is 2. The van der Waals surface area contributed by atoms with E-state index in [-0.39, 0.29) is 19.1 Å². The van der Waals surface area contributed by atoms with Crippen LogP contribution in [-0.4, -0.2) is 41.5 Å². The van der Waals surface area contributed by atoms with Crippen molar-refractivity contribution in [2.24, 2.45) is 0 Å². The fourth-order valence-electron chi connectivity index (χ4n) is 2.44.